The van der Waals surface area contributed by atoms with Gasteiger partial charge in [0, 0.05) is 18.3 Å². The molecule has 39 heavy (non-hydrogen) atoms. The molecule has 0 saturated carbocycles. The third kappa shape index (κ3) is 11.1. The smallest absolute Gasteiger partial charge is 0.480 e. The van der Waals surface area contributed by atoms with Crippen LogP contribution in [0.2, 0.25) is 0 Å². The number of carboxylic acid groups (broad SMARTS) is 1. The molecule has 1 rings (SSSR count). The second-order valence-electron chi connectivity index (χ2n) is 9.86. The van der Waals surface area contributed by atoms with Crippen molar-refractivity contribution in [2.24, 2.45) is 23.5 Å². The van der Waals surface area contributed by atoms with Gasteiger partial charge < -0.3 is 34.5 Å². The fraction of sp³-hybridized carbons (Fsp3) is 0.643. The first-order valence-electron chi connectivity index (χ1n) is 13.3. The van der Waals surface area contributed by atoms with Gasteiger partial charge in [-0.25, -0.2) is 9.59 Å². The summed E-state index contributed by atoms with van der Waals surface area (Å²) in [5.41, 5.74) is 6.43. The number of carbonyl (C=O) groups is 4. The fourth-order valence-electron chi connectivity index (χ4n) is 3.47. The lowest BCUT2D eigenvalue weighted by Crippen LogP contribution is -2.42. The number of nitrogens with two attached hydrogens (primary N) is 1. The molecule has 0 aliphatic heterocycles. The van der Waals surface area contributed by atoms with Crippen LogP contribution in [0, 0.1) is 17.8 Å². The maximum absolute atomic E-state index is 12.5. The number of aliphatic carboxylic acids is 1. The Labute approximate surface area is 230 Å². The summed E-state index contributed by atoms with van der Waals surface area (Å²) >= 11 is 0. The Bertz CT molecular complexity index is 966. The third-order valence-corrected chi connectivity index (χ3v) is 6.69. The van der Waals surface area contributed by atoms with Gasteiger partial charge in [-0.2, -0.15) is 0 Å². The van der Waals surface area contributed by atoms with Gasteiger partial charge in [0.2, 0.25) is 0 Å². The highest BCUT2D eigenvalue weighted by atomic mass is 16.7. The first-order chi connectivity index (χ1) is 18.3. The molecule has 6 atom stereocenters. The Hall–Kier alpha value is -3.34. The van der Waals surface area contributed by atoms with Crippen LogP contribution in [0.5, 0.6) is 11.5 Å². The molecule has 1 aromatic carbocycles. The van der Waals surface area contributed by atoms with E-state index in [0.717, 1.165) is 12.8 Å². The van der Waals surface area contributed by atoms with Crippen molar-refractivity contribution in [1.29, 1.82) is 0 Å². The second kappa shape index (κ2) is 16.6. The highest BCUT2D eigenvalue weighted by Crippen LogP contribution is 2.37. The monoisotopic (exact) mass is 553 g/mol. The Morgan fingerprint density at radius 2 is 1.36 bits per heavy atom. The Balaban J connectivity index is 3.40. The molecule has 5 unspecified atom stereocenters. The van der Waals surface area contributed by atoms with E-state index in [2.05, 4.69) is 0 Å². The second-order valence-corrected chi connectivity index (χ2v) is 9.86. The predicted molar refractivity (Wildman–Crippen MR) is 143 cm³/mol. The van der Waals surface area contributed by atoms with E-state index >= 15 is 0 Å². The molecule has 0 aliphatic rings. The zero-order chi connectivity index (χ0) is 29.7. The van der Waals surface area contributed by atoms with Crippen molar-refractivity contribution in [3.63, 3.8) is 0 Å². The van der Waals surface area contributed by atoms with Crippen molar-refractivity contribution >= 4 is 24.2 Å². The van der Waals surface area contributed by atoms with Gasteiger partial charge in [-0.1, -0.05) is 60.5 Å². The lowest BCUT2D eigenvalue weighted by molar-refractivity contribution is -0.150. The average Bonchev–Trinajstić information content (AvgIpc) is 2.91. The molecule has 0 fully saturated rings. The quantitative estimate of drug-likeness (QED) is 0.165. The Morgan fingerprint density at radius 1 is 0.846 bits per heavy atom. The van der Waals surface area contributed by atoms with Crippen molar-refractivity contribution < 1.29 is 48.0 Å². The Kier molecular flexibility index (Phi) is 14.3. The molecule has 0 aliphatic carbocycles. The number of hydrogen-bond donors (Lipinski definition) is 2. The molecule has 3 N–H and O–H groups in total. The molecule has 220 valence electrons. The molecule has 0 spiro atoms. The molecule has 0 bridgehead atoms. The molecule has 0 heterocycles. The van der Waals surface area contributed by atoms with Gasteiger partial charge >= 0.3 is 24.2 Å². The molecule has 0 saturated heterocycles. The lowest BCUT2D eigenvalue weighted by Gasteiger charge is -2.31. The van der Waals surface area contributed by atoms with Crippen molar-refractivity contribution in [2.75, 3.05) is 13.2 Å². The van der Waals surface area contributed by atoms with Crippen LogP contribution in [0.1, 0.15) is 79.2 Å². The van der Waals surface area contributed by atoms with Gasteiger partial charge in [-0.05, 0) is 36.5 Å². The highest BCUT2D eigenvalue weighted by molar-refractivity contribution is 5.75. The van der Waals surface area contributed by atoms with Crippen LogP contribution in [0.4, 0.5) is 9.59 Å². The average molecular weight is 554 g/mol. The highest BCUT2D eigenvalue weighted by Gasteiger charge is 2.35. The SMILES string of the molecule is CCC(=O)OC(C)C(C)C(c1ccc(OC(=O)OCC(C)CC)c(OC(=O)OCC(C)CC)c1)[C@H](N)C(=O)O. The van der Waals surface area contributed by atoms with Crippen LogP contribution in [0.25, 0.3) is 0 Å². The van der Waals surface area contributed by atoms with E-state index in [4.69, 9.17) is 29.4 Å². The number of carbonyl (C=O) groups excluding carboxylic acids is 3. The lowest BCUT2D eigenvalue weighted by atomic mass is 9.79. The summed E-state index contributed by atoms with van der Waals surface area (Å²) in [5, 5.41) is 9.71. The minimum Gasteiger partial charge on any atom is -0.480 e. The first-order valence-corrected chi connectivity index (χ1v) is 13.3. The van der Waals surface area contributed by atoms with Crippen LogP contribution < -0.4 is 15.2 Å². The molecule has 0 amide bonds. The number of benzene rings is 1. The topological polar surface area (TPSA) is 161 Å². The van der Waals surface area contributed by atoms with Crippen molar-refractivity contribution in [3.05, 3.63) is 23.8 Å². The number of rotatable bonds is 15. The number of hydrogen-bond acceptors (Lipinski definition) is 10. The van der Waals surface area contributed by atoms with Gasteiger partial charge in [0.1, 0.15) is 12.1 Å². The normalized spacial score (nSPS) is 15.6. The van der Waals surface area contributed by atoms with Gasteiger partial charge in [0.15, 0.2) is 11.5 Å². The van der Waals surface area contributed by atoms with Crippen LogP contribution in [-0.4, -0.2) is 54.7 Å². The summed E-state index contributed by atoms with van der Waals surface area (Å²) < 4.78 is 26.4. The minimum atomic E-state index is -1.39. The van der Waals surface area contributed by atoms with E-state index < -0.39 is 48.2 Å². The van der Waals surface area contributed by atoms with Crippen molar-refractivity contribution in [1.82, 2.24) is 0 Å². The summed E-state index contributed by atoms with van der Waals surface area (Å²) in [6.45, 7) is 13.0. The van der Waals surface area contributed by atoms with Crippen molar-refractivity contribution in [2.45, 2.75) is 85.8 Å². The van der Waals surface area contributed by atoms with Gasteiger partial charge in [-0.3, -0.25) is 9.59 Å². The standard InChI is InChI=1S/C28H43NO10/c1-8-16(4)14-35-27(33)38-21-12-11-20(13-22(21)39-28(34)36-15-17(5)9-2)24(25(29)26(31)32)18(6)19(7)37-23(30)10-3/h11-13,16-19,24-25H,8-10,14-15,29H2,1-7H3,(H,31,32)/t16?,17?,18?,19?,24?,25-/m0/s1. The van der Waals surface area contributed by atoms with E-state index in [0.29, 0.717) is 5.56 Å². The van der Waals surface area contributed by atoms with E-state index in [1.807, 2.05) is 27.7 Å². The first kappa shape index (κ1) is 33.7. The minimum absolute atomic E-state index is 0.0984. The zero-order valence-corrected chi connectivity index (χ0v) is 23.9. The third-order valence-electron chi connectivity index (χ3n) is 6.69. The molecule has 1 aromatic rings. The van der Waals surface area contributed by atoms with Crippen LogP contribution in [0.3, 0.4) is 0 Å². The summed E-state index contributed by atoms with van der Waals surface area (Å²) in [6, 6.07) is 2.83. The van der Waals surface area contributed by atoms with E-state index in [1.54, 1.807) is 20.8 Å². The number of esters is 1. The van der Waals surface area contributed by atoms with Gasteiger partial charge in [0.05, 0.1) is 13.2 Å². The molecule has 0 radical (unpaired) electrons. The van der Waals surface area contributed by atoms with E-state index in [1.165, 1.54) is 18.2 Å². The summed E-state index contributed by atoms with van der Waals surface area (Å²) in [5.74, 6) is -3.23. The van der Waals surface area contributed by atoms with Gasteiger partial charge in [-0.15, -0.1) is 0 Å². The van der Waals surface area contributed by atoms with E-state index in [9.17, 15) is 24.3 Å². The number of ether oxygens (including phenoxy) is 5. The van der Waals surface area contributed by atoms with Gasteiger partial charge in [0.25, 0.3) is 0 Å². The number of carboxylic acids is 1. The summed E-state index contributed by atoms with van der Waals surface area (Å²) in [4.78, 5) is 48.5. The van der Waals surface area contributed by atoms with Crippen LogP contribution in [0.15, 0.2) is 18.2 Å². The summed E-state index contributed by atoms with van der Waals surface area (Å²) in [6.07, 6.45) is -0.955. The van der Waals surface area contributed by atoms with Crippen LogP contribution in [-0.2, 0) is 23.8 Å². The predicted octanol–water partition coefficient (Wildman–Crippen LogP) is 5.28. The largest absolute Gasteiger partial charge is 0.513 e. The maximum Gasteiger partial charge on any atom is 0.513 e. The molecular formula is C28H43NO10. The molecule has 11 nitrogen and oxygen atoms in total. The van der Waals surface area contributed by atoms with Crippen molar-refractivity contribution in [3.8, 4) is 11.5 Å². The molecule has 0 aromatic heterocycles. The fourth-order valence-corrected chi connectivity index (χ4v) is 3.47. The van der Waals surface area contributed by atoms with Crippen LogP contribution >= 0.6 is 0 Å². The zero-order valence-electron chi connectivity index (χ0n) is 23.9. The Morgan fingerprint density at radius 3 is 1.82 bits per heavy atom. The summed E-state index contributed by atoms with van der Waals surface area (Å²) in [7, 11) is 0. The molecule has 11 heteroatoms. The maximum atomic E-state index is 12.5. The van der Waals surface area contributed by atoms with E-state index in [-0.39, 0.29) is 43.0 Å². The molecular weight excluding hydrogens is 510 g/mol.